The van der Waals surface area contributed by atoms with Crippen LogP contribution < -0.4 is 21.7 Å². The molecule has 9 heteroatoms. The molecule has 0 saturated heterocycles. The maximum Gasteiger partial charge on any atom is 5.00 e. The van der Waals surface area contributed by atoms with Crippen LogP contribution in [0.3, 0.4) is 0 Å². The third kappa shape index (κ3) is 13.8. The third-order valence-corrected chi connectivity index (χ3v) is 2.82. The molecule has 0 spiro atoms. The Kier molecular flexibility index (Phi) is 19.3. The Morgan fingerprint density at radius 3 is 1.46 bits per heavy atom. The van der Waals surface area contributed by atoms with Crippen molar-refractivity contribution in [2.45, 2.75) is 0 Å². The summed E-state index contributed by atoms with van der Waals surface area (Å²) in [5.41, 5.74) is 11.7. The van der Waals surface area contributed by atoms with Gasteiger partial charge in [-0.05, 0) is 11.1 Å². The monoisotopic (exact) mass is 440 g/mol. The van der Waals surface area contributed by atoms with Crippen LogP contribution >= 0.6 is 12.2 Å². The minimum atomic E-state index is -0.00160. The fourth-order valence-electron chi connectivity index (χ4n) is 1.65. The number of hydrogen-bond acceptors (Lipinski definition) is 7. The van der Waals surface area contributed by atoms with Gasteiger partial charge in [0.2, 0.25) is 0 Å². The first-order valence-corrected chi connectivity index (χ1v) is 8.44. The number of benzene rings is 2. The minimum absolute atomic E-state index is 0. The Morgan fingerprint density at radius 1 is 0.857 bits per heavy atom. The van der Waals surface area contributed by atoms with Crippen LogP contribution in [0.15, 0.2) is 58.5 Å². The van der Waals surface area contributed by atoms with Gasteiger partial charge in [0.05, 0.1) is 13.1 Å². The van der Waals surface area contributed by atoms with Gasteiger partial charge in [0.15, 0.2) is 0 Å². The van der Waals surface area contributed by atoms with Gasteiger partial charge < -0.3 is 27.1 Å². The van der Waals surface area contributed by atoms with E-state index in [1.165, 1.54) is 17.3 Å². The maximum atomic E-state index is 11.1. The summed E-state index contributed by atoms with van der Waals surface area (Å²) >= 11 is 3.70. The molecule has 0 aromatic heterocycles. The van der Waals surface area contributed by atoms with E-state index in [-0.39, 0.29) is 28.6 Å². The van der Waals surface area contributed by atoms with Crippen molar-refractivity contribution < 1.29 is 27.3 Å². The van der Waals surface area contributed by atoms with Crippen molar-refractivity contribution in [1.29, 1.82) is 0 Å². The van der Waals surface area contributed by atoms with Crippen molar-refractivity contribution in [1.82, 2.24) is 0 Å². The topological polar surface area (TPSA) is 145 Å². The number of nitrogens with two attached hydrogens (primary N) is 2. The predicted octanol–water partition coefficient (Wildman–Crippen LogP) is 0.932. The number of para-hydroxylation sites is 2. The first kappa shape index (κ1) is 27.8. The zero-order valence-corrected chi connectivity index (χ0v) is 17.1. The van der Waals surface area contributed by atoms with Crippen LogP contribution in [-0.4, -0.2) is 43.8 Å². The zero-order chi connectivity index (χ0) is 20.3. The maximum absolute atomic E-state index is 11.1. The summed E-state index contributed by atoms with van der Waals surface area (Å²) in [5, 5.41) is 30.6. The first-order valence-electron chi connectivity index (χ1n) is 8.03. The molecular formula is C19H22FeN5O2S+2. The van der Waals surface area contributed by atoms with E-state index in [1.807, 2.05) is 12.1 Å². The van der Waals surface area contributed by atoms with Crippen molar-refractivity contribution in [3.05, 3.63) is 65.1 Å². The standard InChI is InChI=1S/2C9H12N2O.CNS.Fe/c2*10-5-6-11-7-8-3-1-2-4-9(8)12;2-1-3;/h2*1-4,7,12H,5-6,10H2;;/q;;-1;+5/p-2. The summed E-state index contributed by atoms with van der Waals surface area (Å²) in [6.45, 7) is 2.15. The average Bonchev–Trinajstić information content (AvgIpc) is 2.66. The van der Waals surface area contributed by atoms with E-state index in [4.69, 9.17) is 16.9 Å². The second kappa shape index (κ2) is 19.4. The smallest absolute Gasteiger partial charge is 0.872 e. The minimum Gasteiger partial charge on any atom is -0.872 e. The van der Waals surface area contributed by atoms with Crippen LogP contribution in [0.25, 0.3) is 5.41 Å². The van der Waals surface area contributed by atoms with Gasteiger partial charge >= 0.3 is 17.1 Å². The third-order valence-electron chi connectivity index (χ3n) is 2.82. The SMILES string of the molecule is NCCN=Cc1ccccc1[O-].NCCN=Cc1ccccc1[O-].[Fe+5].[N-]=C=S. The number of hydrogen-bond donors (Lipinski definition) is 2. The molecule has 2 rings (SSSR count). The molecule has 7 nitrogen and oxygen atoms in total. The number of aliphatic imine (C=N–C) groups is 2. The van der Waals surface area contributed by atoms with Crippen LogP contribution in [0.1, 0.15) is 11.1 Å². The van der Waals surface area contributed by atoms with Gasteiger partial charge in [-0.2, -0.15) is 5.16 Å². The van der Waals surface area contributed by atoms with Crippen molar-refractivity contribution in [3.8, 4) is 11.5 Å². The Bertz CT molecular complexity index is 693. The number of nitrogens with zero attached hydrogens (tertiary/aromatic N) is 3. The van der Waals surface area contributed by atoms with Gasteiger partial charge in [0.25, 0.3) is 0 Å². The molecule has 0 aliphatic rings. The van der Waals surface area contributed by atoms with Crippen LogP contribution in [0.2, 0.25) is 0 Å². The van der Waals surface area contributed by atoms with E-state index in [9.17, 15) is 10.2 Å². The molecule has 0 heterocycles. The van der Waals surface area contributed by atoms with Crippen LogP contribution in [0, 0.1) is 0 Å². The zero-order valence-electron chi connectivity index (χ0n) is 15.2. The molecular weight excluding hydrogens is 418 g/mol. The molecule has 4 N–H and O–H groups in total. The molecule has 2 aromatic rings. The van der Waals surface area contributed by atoms with Crippen LogP contribution in [0.4, 0.5) is 0 Å². The summed E-state index contributed by atoms with van der Waals surface area (Å²) in [6.07, 6.45) is 3.13. The number of isothiocyanates is 1. The van der Waals surface area contributed by atoms with E-state index in [1.54, 1.807) is 36.7 Å². The van der Waals surface area contributed by atoms with Gasteiger partial charge in [-0.1, -0.05) is 60.7 Å². The van der Waals surface area contributed by atoms with E-state index in [2.05, 4.69) is 22.2 Å². The Balaban J connectivity index is 0. The van der Waals surface area contributed by atoms with Crippen molar-refractivity contribution in [2.24, 2.45) is 21.5 Å². The molecule has 1 radical (unpaired) electrons. The van der Waals surface area contributed by atoms with Gasteiger partial charge in [-0.25, -0.2) is 0 Å². The molecule has 0 amide bonds. The molecule has 0 bridgehead atoms. The molecule has 0 aliphatic heterocycles. The molecule has 0 saturated carbocycles. The fraction of sp³-hybridized carbons (Fsp3) is 0.211. The molecule has 28 heavy (non-hydrogen) atoms. The summed E-state index contributed by atoms with van der Waals surface area (Å²) in [5.74, 6) is -0.00320. The van der Waals surface area contributed by atoms with E-state index < -0.39 is 0 Å². The van der Waals surface area contributed by atoms with Gasteiger partial charge in [-0.3, -0.25) is 9.98 Å². The molecule has 0 atom stereocenters. The van der Waals surface area contributed by atoms with Crippen molar-refractivity contribution in [2.75, 3.05) is 26.2 Å². The van der Waals surface area contributed by atoms with Crippen LogP contribution in [-0.2, 0) is 17.1 Å². The summed E-state index contributed by atoms with van der Waals surface area (Å²) in [7, 11) is 0. The molecule has 0 aliphatic carbocycles. The van der Waals surface area contributed by atoms with E-state index in [0.29, 0.717) is 37.3 Å². The first-order chi connectivity index (χ1) is 13.1. The molecule has 0 unspecified atom stereocenters. The second-order valence-electron chi connectivity index (χ2n) is 4.81. The van der Waals surface area contributed by atoms with Crippen molar-refractivity contribution in [3.63, 3.8) is 0 Å². The molecule has 2 aromatic carbocycles. The molecule has 0 fully saturated rings. The van der Waals surface area contributed by atoms with Crippen LogP contribution in [0.5, 0.6) is 11.5 Å². The predicted molar refractivity (Wildman–Crippen MR) is 111 cm³/mol. The molecule has 147 valence electrons. The quantitative estimate of drug-likeness (QED) is 0.390. The van der Waals surface area contributed by atoms with Crippen molar-refractivity contribution >= 4 is 29.8 Å². The normalized spacial score (nSPS) is 9.50. The summed E-state index contributed by atoms with van der Waals surface area (Å²) < 4.78 is 0. The average molecular weight is 440 g/mol. The van der Waals surface area contributed by atoms with Gasteiger partial charge in [0, 0.05) is 25.5 Å². The largest absolute Gasteiger partial charge is 5.00 e. The fourth-order valence-corrected chi connectivity index (χ4v) is 1.65. The summed E-state index contributed by atoms with van der Waals surface area (Å²) in [6, 6.07) is 13.6. The Hall–Kier alpha value is -2.38. The van der Waals surface area contributed by atoms with E-state index >= 15 is 0 Å². The van der Waals surface area contributed by atoms with E-state index in [0.717, 1.165) is 0 Å². The van der Waals surface area contributed by atoms with Gasteiger partial charge in [-0.15, -0.1) is 11.5 Å². The van der Waals surface area contributed by atoms with Gasteiger partial charge in [0.1, 0.15) is 0 Å². The Morgan fingerprint density at radius 2 is 1.18 bits per heavy atom. The summed E-state index contributed by atoms with van der Waals surface area (Å²) in [4.78, 5) is 7.94. The number of rotatable bonds is 6. The Labute approximate surface area is 181 Å². The number of thiocarbonyl (C=S) groups is 1. The second-order valence-corrected chi connectivity index (χ2v) is 5.00.